The van der Waals surface area contributed by atoms with Crippen LogP contribution in [0.5, 0.6) is 5.75 Å². The van der Waals surface area contributed by atoms with Gasteiger partial charge in [0.05, 0.1) is 0 Å². The Bertz CT molecular complexity index is 465. The van der Waals surface area contributed by atoms with Crippen LogP contribution < -0.4 is 5.32 Å². The average Bonchev–Trinajstić information content (AvgIpc) is 2.44. The quantitative estimate of drug-likeness (QED) is 0.777. The molecule has 3 N–H and O–H groups in total. The number of aliphatic hydroxyl groups excluding tert-OH is 1. The number of hydrogen-bond acceptors (Lipinski definition) is 4. The predicted molar refractivity (Wildman–Crippen MR) is 67.3 cm³/mol. The van der Waals surface area contributed by atoms with Gasteiger partial charge in [-0.1, -0.05) is 6.07 Å². The normalized spacial score (nSPS) is 19.0. The van der Waals surface area contributed by atoms with Crippen molar-refractivity contribution in [2.24, 2.45) is 0 Å². The van der Waals surface area contributed by atoms with Crippen molar-refractivity contribution in [3.05, 3.63) is 29.6 Å². The van der Waals surface area contributed by atoms with E-state index < -0.39 is 30.1 Å². The largest absolute Gasteiger partial charge is 0.505 e. The molecule has 1 heterocycles. The van der Waals surface area contributed by atoms with E-state index >= 15 is 0 Å². The second-order valence-electron chi connectivity index (χ2n) is 4.82. The molecule has 0 unspecified atom stereocenters. The summed E-state index contributed by atoms with van der Waals surface area (Å²) in [6.45, 7) is 0.548. The van der Waals surface area contributed by atoms with Crippen molar-refractivity contribution in [2.75, 3.05) is 32.8 Å². The standard InChI is InChI=1S/C13H17F3N2O2/c14-10-7-9(1-2-11(10)20)12(13(15,16)8-19)18-5-3-17-4-6-18/h1-2,7,12,17,19-20H,3-6,8H2/t12-/m1/s1. The molecule has 0 spiro atoms. The van der Waals surface area contributed by atoms with E-state index in [2.05, 4.69) is 5.32 Å². The minimum atomic E-state index is -3.39. The molecule has 1 aromatic carbocycles. The topological polar surface area (TPSA) is 55.7 Å². The van der Waals surface area contributed by atoms with Gasteiger partial charge in [-0.2, -0.15) is 0 Å². The van der Waals surface area contributed by atoms with Crippen LogP contribution in [0.25, 0.3) is 0 Å². The molecular weight excluding hydrogens is 273 g/mol. The highest BCUT2D eigenvalue weighted by molar-refractivity contribution is 5.31. The lowest BCUT2D eigenvalue weighted by atomic mass is 9.98. The summed E-state index contributed by atoms with van der Waals surface area (Å²) in [4.78, 5) is 1.51. The van der Waals surface area contributed by atoms with Crippen molar-refractivity contribution in [2.45, 2.75) is 12.0 Å². The minimum absolute atomic E-state index is 0.0428. The van der Waals surface area contributed by atoms with Gasteiger partial charge in [0, 0.05) is 26.2 Å². The molecule has 1 fully saturated rings. The highest BCUT2D eigenvalue weighted by Crippen LogP contribution is 2.37. The summed E-state index contributed by atoms with van der Waals surface area (Å²) in [5, 5.41) is 21.2. The zero-order chi connectivity index (χ0) is 14.8. The number of alkyl halides is 2. The highest BCUT2D eigenvalue weighted by atomic mass is 19.3. The Morgan fingerprint density at radius 1 is 1.30 bits per heavy atom. The fourth-order valence-electron chi connectivity index (χ4n) is 2.44. The number of aliphatic hydroxyl groups is 1. The SMILES string of the molecule is OCC(F)(F)[C@@H](c1ccc(O)c(F)c1)N1CCNCC1. The van der Waals surface area contributed by atoms with Crippen molar-refractivity contribution in [1.29, 1.82) is 0 Å². The number of rotatable bonds is 4. The summed E-state index contributed by atoms with van der Waals surface area (Å²) in [5.74, 6) is -4.92. The number of benzene rings is 1. The molecule has 1 aliphatic rings. The maximum Gasteiger partial charge on any atom is 0.289 e. The second kappa shape index (κ2) is 5.99. The van der Waals surface area contributed by atoms with Gasteiger partial charge < -0.3 is 15.5 Å². The lowest BCUT2D eigenvalue weighted by molar-refractivity contribution is -0.118. The molecule has 1 saturated heterocycles. The number of phenols is 1. The van der Waals surface area contributed by atoms with Gasteiger partial charge in [-0.15, -0.1) is 0 Å². The Balaban J connectivity index is 2.36. The van der Waals surface area contributed by atoms with Crippen LogP contribution >= 0.6 is 0 Å². The van der Waals surface area contributed by atoms with Gasteiger partial charge in [0.2, 0.25) is 0 Å². The summed E-state index contributed by atoms with van der Waals surface area (Å²) in [6.07, 6.45) is 0. The predicted octanol–water partition coefficient (Wildman–Crippen LogP) is 1.11. The van der Waals surface area contributed by atoms with Gasteiger partial charge in [0.25, 0.3) is 5.92 Å². The van der Waals surface area contributed by atoms with E-state index in [-0.39, 0.29) is 5.56 Å². The molecule has 112 valence electrons. The van der Waals surface area contributed by atoms with Crippen LogP contribution in [0, 0.1) is 5.82 Å². The molecular formula is C13H17F3N2O2. The summed E-state index contributed by atoms with van der Waals surface area (Å²) in [6, 6.07) is 1.79. The third-order valence-corrected chi connectivity index (χ3v) is 3.42. The van der Waals surface area contributed by atoms with Crippen LogP contribution in [0.15, 0.2) is 18.2 Å². The molecule has 20 heavy (non-hydrogen) atoms. The number of nitrogens with one attached hydrogen (secondary N) is 1. The molecule has 0 saturated carbocycles. The lowest BCUT2D eigenvalue weighted by Crippen LogP contribution is -2.51. The van der Waals surface area contributed by atoms with E-state index in [0.29, 0.717) is 26.2 Å². The third kappa shape index (κ3) is 3.05. The number of piperazine rings is 1. The first-order valence-corrected chi connectivity index (χ1v) is 6.37. The molecule has 1 aromatic rings. The van der Waals surface area contributed by atoms with Gasteiger partial charge in [0.15, 0.2) is 11.6 Å². The molecule has 0 aliphatic carbocycles. The van der Waals surface area contributed by atoms with Crippen molar-refractivity contribution < 1.29 is 23.4 Å². The van der Waals surface area contributed by atoms with Crippen molar-refractivity contribution >= 4 is 0 Å². The first-order valence-electron chi connectivity index (χ1n) is 6.37. The zero-order valence-electron chi connectivity index (χ0n) is 10.8. The van der Waals surface area contributed by atoms with Crippen LogP contribution in [0.2, 0.25) is 0 Å². The monoisotopic (exact) mass is 290 g/mol. The number of halogens is 3. The first kappa shape index (κ1) is 15.1. The molecule has 0 bridgehead atoms. The first-order chi connectivity index (χ1) is 9.45. The van der Waals surface area contributed by atoms with E-state index in [9.17, 15) is 13.2 Å². The molecule has 0 aromatic heterocycles. The van der Waals surface area contributed by atoms with E-state index in [1.807, 2.05) is 0 Å². The molecule has 0 radical (unpaired) electrons. The van der Waals surface area contributed by atoms with Gasteiger partial charge in [-0.25, -0.2) is 13.2 Å². The van der Waals surface area contributed by atoms with Gasteiger partial charge in [0.1, 0.15) is 12.6 Å². The fourth-order valence-corrected chi connectivity index (χ4v) is 2.44. The smallest absolute Gasteiger partial charge is 0.289 e. The number of hydrogen-bond donors (Lipinski definition) is 3. The zero-order valence-corrected chi connectivity index (χ0v) is 10.8. The molecule has 4 nitrogen and oxygen atoms in total. The van der Waals surface area contributed by atoms with Crippen molar-refractivity contribution in [3.8, 4) is 5.75 Å². The highest BCUT2D eigenvalue weighted by Gasteiger charge is 2.44. The summed E-state index contributed by atoms with van der Waals surface area (Å²) in [5.41, 5.74) is 0.0428. The van der Waals surface area contributed by atoms with E-state index in [1.54, 1.807) is 0 Å². The fraction of sp³-hybridized carbons (Fsp3) is 0.538. The Kier molecular flexibility index (Phi) is 4.52. The van der Waals surface area contributed by atoms with Crippen molar-refractivity contribution in [3.63, 3.8) is 0 Å². The van der Waals surface area contributed by atoms with E-state index in [4.69, 9.17) is 10.2 Å². The third-order valence-electron chi connectivity index (χ3n) is 3.42. The Morgan fingerprint density at radius 2 is 1.95 bits per heavy atom. The van der Waals surface area contributed by atoms with Crippen LogP contribution in [-0.4, -0.2) is 53.8 Å². The number of phenolic OH excluding ortho intramolecular Hbond substituents is 1. The number of nitrogens with zero attached hydrogens (tertiary/aromatic N) is 1. The Hall–Kier alpha value is -1.31. The summed E-state index contributed by atoms with van der Waals surface area (Å²) in [7, 11) is 0. The summed E-state index contributed by atoms with van der Waals surface area (Å²) < 4.78 is 41.5. The van der Waals surface area contributed by atoms with Crippen molar-refractivity contribution in [1.82, 2.24) is 10.2 Å². The maximum absolute atomic E-state index is 14.0. The van der Waals surface area contributed by atoms with Crippen LogP contribution in [0.1, 0.15) is 11.6 Å². The van der Waals surface area contributed by atoms with E-state index in [1.165, 1.54) is 11.0 Å². The molecule has 1 aliphatic heterocycles. The number of aromatic hydroxyl groups is 1. The minimum Gasteiger partial charge on any atom is -0.505 e. The summed E-state index contributed by atoms with van der Waals surface area (Å²) >= 11 is 0. The Morgan fingerprint density at radius 3 is 2.50 bits per heavy atom. The molecule has 7 heteroatoms. The molecule has 2 rings (SSSR count). The van der Waals surface area contributed by atoms with Gasteiger partial charge in [-0.05, 0) is 17.7 Å². The second-order valence-corrected chi connectivity index (χ2v) is 4.82. The maximum atomic E-state index is 14.0. The van der Waals surface area contributed by atoms with Crippen LogP contribution in [0.3, 0.4) is 0 Å². The molecule has 0 amide bonds. The molecule has 1 atom stereocenters. The average molecular weight is 290 g/mol. The van der Waals surface area contributed by atoms with Gasteiger partial charge >= 0.3 is 0 Å². The van der Waals surface area contributed by atoms with Crippen LogP contribution in [0.4, 0.5) is 13.2 Å². The van der Waals surface area contributed by atoms with Gasteiger partial charge in [-0.3, -0.25) is 4.90 Å². The Labute approximate surface area is 114 Å². The van der Waals surface area contributed by atoms with Crippen LogP contribution in [-0.2, 0) is 0 Å². The lowest BCUT2D eigenvalue weighted by Gasteiger charge is -2.38. The van der Waals surface area contributed by atoms with E-state index in [0.717, 1.165) is 12.1 Å².